The minimum absolute atomic E-state index is 0.148. The van der Waals surface area contributed by atoms with Crippen LogP contribution in [0, 0.1) is 0 Å². The lowest BCUT2D eigenvalue weighted by Gasteiger charge is -2.08. The van der Waals surface area contributed by atoms with Gasteiger partial charge in [-0.05, 0) is 35.4 Å². The van der Waals surface area contributed by atoms with Crippen LogP contribution in [0.1, 0.15) is 20.7 Å². The van der Waals surface area contributed by atoms with Crippen molar-refractivity contribution in [1.82, 2.24) is 0 Å². The molecule has 2 N–H and O–H groups in total. The van der Waals surface area contributed by atoms with Crippen molar-refractivity contribution in [2.45, 2.75) is 0 Å². The van der Waals surface area contributed by atoms with Crippen molar-refractivity contribution in [1.29, 1.82) is 0 Å². The molecule has 6 nitrogen and oxygen atoms in total. The molecule has 0 saturated carbocycles. The molecule has 0 radical (unpaired) electrons. The molecule has 0 fully saturated rings. The van der Waals surface area contributed by atoms with Crippen molar-refractivity contribution in [2.24, 2.45) is 14.1 Å². The first-order valence-electron chi connectivity index (χ1n) is 10.2. The minimum Gasteiger partial charge on any atom is -0.322 e. The average Bonchev–Trinajstić information content (AvgIpc) is 2.81. The Labute approximate surface area is 186 Å². The normalized spacial score (nSPS) is 10.4. The lowest BCUT2D eigenvalue weighted by Crippen LogP contribution is -2.27. The van der Waals surface area contributed by atoms with Crippen molar-refractivity contribution >= 4 is 23.2 Å². The molecule has 6 heteroatoms. The van der Waals surface area contributed by atoms with E-state index in [0.29, 0.717) is 11.1 Å². The number of anilines is 2. The Morgan fingerprint density at radius 2 is 0.844 bits per heavy atom. The Balaban J connectivity index is 1.39. The summed E-state index contributed by atoms with van der Waals surface area (Å²) >= 11 is 0. The Morgan fingerprint density at radius 3 is 1.16 bits per heavy atom. The van der Waals surface area contributed by atoms with Crippen LogP contribution in [0.5, 0.6) is 0 Å². The third-order valence-corrected chi connectivity index (χ3v) is 5.10. The van der Waals surface area contributed by atoms with Gasteiger partial charge in [-0.25, -0.2) is 9.13 Å². The highest BCUT2D eigenvalue weighted by atomic mass is 16.2. The van der Waals surface area contributed by atoms with Crippen LogP contribution in [0.25, 0.3) is 11.1 Å². The molecular weight excluding hydrogens is 400 g/mol. The fourth-order valence-corrected chi connectivity index (χ4v) is 3.20. The van der Waals surface area contributed by atoms with Gasteiger partial charge in [-0.15, -0.1) is 0 Å². The monoisotopic (exact) mass is 424 g/mol. The Kier molecular flexibility index (Phi) is 6.03. The SMILES string of the molecule is C[n+]1ccc(C(=O)Nc2ccc(-c3ccc(NC(=O)c4cc[n+](C)cc4)cc3)cc2)cc1. The molecule has 2 aromatic carbocycles. The molecule has 0 unspecified atom stereocenters. The number of carbonyl (C=O) groups excluding carboxylic acids is 2. The molecule has 158 valence electrons. The van der Waals surface area contributed by atoms with Crippen LogP contribution in [-0.4, -0.2) is 11.8 Å². The fourth-order valence-electron chi connectivity index (χ4n) is 3.20. The van der Waals surface area contributed by atoms with Crippen LogP contribution >= 0.6 is 0 Å². The number of aromatic nitrogens is 2. The van der Waals surface area contributed by atoms with Crippen molar-refractivity contribution in [2.75, 3.05) is 10.6 Å². The van der Waals surface area contributed by atoms with Gasteiger partial charge in [0.15, 0.2) is 24.8 Å². The molecule has 2 heterocycles. The molecule has 32 heavy (non-hydrogen) atoms. The molecule has 4 aromatic rings. The second-order valence-corrected chi connectivity index (χ2v) is 7.57. The van der Waals surface area contributed by atoms with E-state index in [2.05, 4.69) is 10.6 Å². The number of nitrogens with one attached hydrogen (secondary N) is 2. The molecule has 0 spiro atoms. The van der Waals surface area contributed by atoms with Crippen molar-refractivity contribution in [3.8, 4) is 11.1 Å². The zero-order valence-electron chi connectivity index (χ0n) is 17.9. The van der Waals surface area contributed by atoms with Crippen LogP contribution in [0.4, 0.5) is 11.4 Å². The zero-order chi connectivity index (χ0) is 22.5. The maximum Gasteiger partial charge on any atom is 0.256 e. The van der Waals surface area contributed by atoms with Gasteiger partial charge in [0.25, 0.3) is 11.8 Å². The largest absolute Gasteiger partial charge is 0.322 e. The van der Waals surface area contributed by atoms with E-state index in [4.69, 9.17) is 0 Å². The van der Waals surface area contributed by atoms with Gasteiger partial charge in [-0.2, -0.15) is 0 Å². The lowest BCUT2D eigenvalue weighted by atomic mass is 10.0. The third kappa shape index (κ3) is 5.05. The van der Waals surface area contributed by atoms with Gasteiger partial charge in [0.05, 0.1) is 11.1 Å². The molecule has 0 saturated heterocycles. The number of hydrogen-bond acceptors (Lipinski definition) is 2. The molecule has 4 rings (SSSR count). The average molecular weight is 425 g/mol. The second kappa shape index (κ2) is 9.22. The van der Waals surface area contributed by atoms with E-state index < -0.39 is 0 Å². The van der Waals surface area contributed by atoms with Crippen LogP contribution in [0.3, 0.4) is 0 Å². The van der Waals surface area contributed by atoms with Crippen LogP contribution in [-0.2, 0) is 14.1 Å². The van der Waals surface area contributed by atoms with Gasteiger partial charge in [0.1, 0.15) is 14.1 Å². The summed E-state index contributed by atoms with van der Waals surface area (Å²) in [5.74, 6) is -0.295. The van der Waals surface area contributed by atoms with E-state index in [9.17, 15) is 9.59 Å². The Bertz CT molecular complexity index is 1130. The molecule has 0 aliphatic rings. The topological polar surface area (TPSA) is 66.0 Å². The molecule has 0 aliphatic heterocycles. The number of pyridine rings is 2. The van der Waals surface area contributed by atoms with E-state index in [1.54, 1.807) is 24.3 Å². The summed E-state index contributed by atoms with van der Waals surface area (Å²) in [5.41, 5.74) is 4.70. The van der Waals surface area contributed by atoms with Gasteiger partial charge in [-0.3, -0.25) is 9.59 Å². The number of nitrogens with zero attached hydrogens (tertiary/aromatic N) is 2. The van der Waals surface area contributed by atoms with E-state index in [1.165, 1.54) is 0 Å². The number of rotatable bonds is 5. The van der Waals surface area contributed by atoms with Gasteiger partial charge >= 0.3 is 0 Å². The van der Waals surface area contributed by atoms with E-state index >= 15 is 0 Å². The molecule has 0 aliphatic carbocycles. The van der Waals surface area contributed by atoms with Gasteiger partial charge in [0, 0.05) is 35.6 Å². The first kappa shape index (κ1) is 20.9. The Morgan fingerprint density at radius 1 is 0.531 bits per heavy atom. The third-order valence-electron chi connectivity index (χ3n) is 5.10. The van der Waals surface area contributed by atoms with Crippen molar-refractivity contribution in [3.05, 3.63) is 109 Å². The van der Waals surface area contributed by atoms with Crippen LogP contribution < -0.4 is 19.8 Å². The highest BCUT2D eigenvalue weighted by Gasteiger charge is 2.09. The highest BCUT2D eigenvalue weighted by molar-refractivity contribution is 6.04. The lowest BCUT2D eigenvalue weighted by molar-refractivity contribution is -0.671. The summed E-state index contributed by atoms with van der Waals surface area (Å²) in [6.45, 7) is 0. The summed E-state index contributed by atoms with van der Waals surface area (Å²) in [4.78, 5) is 24.7. The molecule has 2 aromatic heterocycles. The van der Waals surface area contributed by atoms with E-state index in [0.717, 1.165) is 22.5 Å². The molecule has 0 bridgehead atoms. The molecule has 0 atom stereocenters. The Hall–Kier alpha value is -4.32. The van der Waals surface area contributed by atoms with Crippen LogP contribution in [0.2, 0.25) is 0 Å². The van der Waals surface area contributed by atoms with Crippen molar-refractivity contribution < 1.29 is 18.7 Å². The number of carbonyl (C=O) groups is 2. The first-order chi connectivity index (χ1) is 15.5. The minimum atomic E-state index is -0.148. The fraction of sp³-hybridized carbons (Fsp3) is 0.0769. The standard InChI is InChI=1S/C26H22N4O2/c1-29-15-11-21(12-16-29)25(31)27-23-7-3-19(4-8-23)20-5-9-24(10-6-20)28-26(32)22-13-17-30(2)18-14-22/h3-18H,1-2H3/p+2. The zero-order valence-corrected chi connectivity index (χ0v) is 17.9. The van der Waals surface area contributed by atoms with Gasteiger partial charge in [0.2, 0.25) is 0 Å². The number of hydrogen-bond donors (Lipinski definition) is 2. The smallest absolute Gasteiger partial charge is 0.256 e. The first-order valence-corrected chi connectivity index (χ1v) is 10.2. The summed E-state index contributed by atoms with van der Waals surface area (Å²) in [7, 11) is 3.81. The van der Waals surface area contributed by atoms with Gasteiger partial charge in [-0.1, -0.05) is 24.3 Å². The maximum absolute atomic E-state index is 12.4. The summed E-state index contributed by atoms with van der Waals surface area (Å²) < 4.78 is 3.76. The summed E-state index contributed by atoms with van der Waals surface area (Å²) in [5, 5.41) is 5.82. The highest BCUT2D eigenvalue weighted by Crippen LogP contribution is 2.23. The number of benzene rings is 2. The van der Waals surface area contributed by atoms with Crippen molar-refractivity contribution in [3.63, 3.8) is 0 Å². The maximum atomic E-state index is 12.4. The summed E-state index contributed by atoms with van der Waals surface area (Å²) in [6, 6.07) is 22.4. The number of aryl methyl sites for hydroxylation is 2. The second-order valence-electron chi connectivity index (χ2n) is 7.57. The summed E-state index contributed by atoms with van der Waals surface area (Å²) in [6.07, 6.45) is 7.35. The van der Waals surface area contributed by atoms with E-state index in [-0.39, 0.29) is 11.8 Å². The molecule has 2 amide bonds. The predicted octanol–water partition coefficient (Wildman–Crippen LogP) is 3.51. The molecular formula is C26H24N4O2+2. The quantitative estimate of drug-likeness (QED) is 0.482. The van der Waals surface area contributed by atoms with E-state index in [1.807, 2.05) is 96.5 Å². The van der Waals surface area contributed by atoms with Gasteiger partial charge < -0.3 is 10.6 Å². The predicted molar refractivity (Wildman–Crippen MR) is 123 cm³/mol. The van der Waals surface area contributed by atoms with Crippen LogP contribution in [0.15, 0.2) is 97.6 Å². The number of amides is 2.